The van der Waals surface area contributed by atoms with Crippen molar-refractivity contribution in [1.82, 2.24) is 5.32 Å². The molecule has 0 atom stereocenters. The second-order valence-corrected chi connectivity index (χ2v) is 7.13. The number of hydrogen-bond donors (Lipinski definition) is 1. The standard InChI is InChI=1S/C20H32N2O/c1-5-6-7-8-13-22-19(15-21-16-23)14-17-9-11-18(12-10-17)20(2,3)4/h9-12,16H,5-8,13-15H2,1-4H3,(H,21,23). The van der Waals surface area contributed by atoms with Gasteiger partial charge in [-0.25, -0.2) is 0 Å². The van der Waals surface area contributed by atoms with Gasteiger partial charge in [0.1, 0.15) is 0 Å². The molecule has 1 aromatic carbocycles. The Hall–Kier alpha value is -1.64. The van der Waals surface area contributed by atoms with Gasteiger partial charge in [-0.3, -0.25) is 9.79 Å². The first-order chi connectivity index (χ1) is 11.0. The van der Waals surface area contributed by atoms with E-state index in [4.69, 9.17) is 4.99 Å². The Morgan fingerprint density at radius 2 is 1.83 bits per heavy atom. The van der Waals surface area contributed by atoms with Crippen LogP contribution in [0.2, 0.25) is 0 Å². The number of hydrogen-bond acceptors (Lipinski definition) is 2. The number of nitrogens with zero attached hydrogens (tertiary/aromatic N) is 1. The highest BCUT2D eigenvalue weighted by Crippen LogP contribution is 2.22. The fourth-order valence-electron chi connectivity index (χ4n) is 2.47. The van der Waals surface area contributed by atoms with Crippen molar-refractivity contribution >= 4 is 12.1 Å². The van der Waals surface area contributed by atoms with Crippen molar-refractivity contribution in [2.45, 2.75) is 65.2 Å². The summed E-state index contributed by atoms with van der Waals surface area (Å²) in [6.07, 6.45) is 6.42. The van der Waals surface area contributed by atoms with Gasteiger partial charge in [0.15, 0.2) is 0 Å². The van der Waals surface area contributed by atoms with E-state index in [1.165, 1.54) is 30.4 Å². The molecule has 0 bridgehead atoms. The molecule has 1 amide bonds. The second kappa shape index (κ2) is 10.2. The predicted molar refractivity (Wildman–Crippen MR) is 99.4 cm³/mol. The molecule has 23 heavy (non-hydrogen) atoms. The molecule has 0 saturated heterocycles. The van der Waals surface area contributed by atoms with Crippen molar-refractivity contribution in [1.29, 1.82) is 0 Å². The van der Waals surface area contributed by atoms with Crippen LogP contribution < -0.4 is 5.32 Å². The normalized spacial score (nSPS) is 12.3. The summed E-state index contributed by atoms with van der Waals surface area (Å²) >= 11 is 0. The highest BCUT2D eigenvalue weighted by Gasteiger charge is 2.13. The van der Waals surface area contributed by atoms with E-state index in [1.807, 2.05) is 0 Å². The predicted octanol–water partition coefficient (Wildman–Crippen LogP) is 4.29. The van der Waals surface area contributed by atoms with E-state index in [-0.39, 0.29) is 5.41 Å². The molecule has 0 fully saturated rings. The van der Waals surface area contributed by atoms with Crippen LogP contribution in [0.5, 0.6) is 0 Å². The monoisotopic (exact) mass is 316 g/mol. The lowest BCUT2D eigenvalue weighted by Crippen LogP contribution is -2.23. The van der Waals surface area contributed by atoms with E-state index < -0.39 is 0 Å². The van der Waals surface area contributed by atoms with Crippen LogP contribution in [-0.4, -0.2) is 25.2 Å². The average molecular weight is 316 g/mol. The molecular weight excluding hydrogens is 284 g/mol. The molecule has 0 aliphatic heterocycles. The van der Waals surface area contributed by atoms with E-state index in [0.717, 1.165) is 31.5 Å². The molecule has 3 heteroatoms. The maximum absolute atomic E-state index is 10.6. The zero-order valence-electron chi connectivity index (χ0n) is 15.2. The number of benzene rings is 1. The molecule has 0 radical (unpaired) electrons. The van der Waals surface area contributed by atoms with Crippen molar-refractivity contribution < 1.29 is 4.79 Å². The van der Waals surface area contributed by atoms with Crippen molar-refractivity contribution in [3.8, 4) is 0 Å². The topological polar surface area (TPSA) is 41.5 Å². The number of carbonyl (C=O) groups is 1. The van der Waals surface area contributed by atoms with Gasteiger partial charge in [-0.2, -0.15) is 0 Å². The minimum Gasteiger partial charge on any atom is -0.353 e. The quantitative estimate of drug-likeness (QED) is 0.390. The molecule has 1 N–H and O–H groups in total. The Kier molecular flexibility index (Phi) is 8.60. The second-order valence-electron chi connectivity index (χ2n) is 7.13. The van der Waals surface area contributed by atoms with Gasteiger partial charge in [-0.1, -0.05) is 71.2 Å². The van der Waals surface area contributed by atoms with Crippen LogP contribution in [0, 0.1) is 0 Å². The minimum absolute atomic E-state index is 0.174. The van der Waals surface area contributed by atoms with Gasteiger partial charge in [0, 0.05) is 18.7 Å². The maximum atomic E-state index is 10.6. The summed E-state index contributed by atoms with van der Waals surface area (Å²) in [6.45, 7) is 10.3. The lowest BCUT2D eigenvalue weighted by atomic mass is 9.86. The molecule has 0 spiro atoms. The third-order valence-electron chi connectivity index (χ3n) is 3.96. The molecule has 0 aliphatic rings. The molecule has 0 heterocycles. The van der Waals surface area contributed by atoms with Crippen molar-refractivity contribution in [3.05, 3.63) is 35.4 Å². The number of aliphatic imine (C=N–C) groups is 1. The first kappa shape index (κ1) is 19.4. The first-order valence-electron chi connectivity index (χ1n) is 8.76. The Bertz CT molecular complexity index is 483. The zero-order chi connectivity index (χ0) is 17.1. The minimum atomic E-state index is 0.174. The number of rotatable bonds is 10. The molecule has 1 rings (SSSR count). The summed E-state index contributed by atoms with van der Waals surface area (Å²) in [5, 5.41) is 2.74. The van der Waals surface area contributed by atoms with Crippen molar-refractivity contribution in [2.75, 3.05) is 13.1 Å². The van der Waals surface area contributed by atoms with Gasteiger partial charge in [-0.15, -0.1) is 0 Å². The molecule has 0 saturated carbocycles. The van der Waals surface area contributed by atoms with Crippen LogP contribution in [0.4, 0.5) is 0 Å². The molecule has 0 aromatic heterocycles. The SMILES string of the molecule is CCCCCCN=C(CNC=O)Cc1ccc(C(C)(C)C)cc1. The van der Waals surface area contributed by atoms with E-state index in [2.05, 4.69) is 57.3 Å². The molecule has 1 aromatic rings. The number of unbranched alkanes of at least 4 members (excludes halogenated alkanes) is 3. The maximum Gasteiger partial charge on any atom is 0.207 e. The zero-order valence-corrected chi connectivity index (χ0v) is 15.2. The van der Waals surface area contributed by atoms with Crippen LogP contribution in [0.1, 0.15) is 64.5 Å². The van der Waals surface area contributed by atoms with E-state index in [9.17, 15) is 4.79 Å². The van der Waals surface area contributed by atoms with Gasteiger partial charge in [0.05, 0.1) is 6.54 Å². The van der Waals surface area contributed by atoms with Gasteiger partial charge >= 0.3 is 0 Å². The van der Waals surface area contributed by atoms with E-state index in [1.54, 1.807) is 0 Å². The third-order valence-corrected chi connectivity index (χ3v) is 3.96. The Morgan fingerprint density at radius 3 is 2.39 bits per heavy atom. The van der Waals surface area contributed by atoms with Crippen LogP contribution in [0.25, 0.3) is 0 Å². The lowest BCUT2D eigenvalue weighted by Gasteiger charge is -2.19. The van der Waals surface area contributed by atoms with Gasteiger partial charge in [-0.05, 0) is 23.0 Å². The number of amides is 1. The van der Waals surface area contributed by atoms with Crippen molar-refractivity contribution in [2.24, 2.45) is 4.99 Å². The largest absolute Gasteiger partial charge is 0.353 e. The number of carbonyl (C=O) groups excluding carboxylic acids is 1. The molecule has 0 unspecified atom stereocenters. The van der Waals surface area contributed by atoms with Crippen LogP contribution in [0.15, 0.2) is 29.3 Å². The smallest absolute Gasteiger partial charge is 0.207 e. The molecule has 128 valence electrons. The first-order valence-corrected chi connectivity index (χ1v) is 8.76. The Morgan fingerprint density at radius 1 is 1.13 bits per heavy atom. The van der Waals surface area contributed by atoms with Crippen LogP contribution >= 0.6 is 0 Å². The molecule has 0 aliphatic carbocycles. The average Bonchev–Trinajstić information content (AvgIpc) is 2.51. The van der Waals surface area contributed by atoms with Crippen LogP contribution in [0.3, 0.4) is 0 Å². The number of nitrogens with one attached hydrogen (secondary N) is 1. The summed E-state index contributed by atoms with van der Waals surface area (Å²) in [5.41, 5.74) is 3.81. The summed E-state index contributed by atoms with van der Waals surface area (Å²) in [6, 6.07) is 8.74. The summed E-state index contributed by atoms with van der Waals surface area (Å²) in [5.74, 6) is 0. The lowest BCUT2D eigenvalue weighted by molar-refractivity contribution is -0.109. The summed E-state index contributed by atoms with van der Waals surface area (Å²) in [7, 11) is 0. The third kappa shape index (κ3) is 7.96. The van der Waals surface area contributed by atoms with E-state index in [0.29, 0.717) is 6.54 Å². The van der Waals surface area contributed by atoms with Crippen molar-refractivity contribution in [3.63, 3.8) is 0 Å². The van der Waals surface area contributed by atoms with Gasteiger partial charge in [0.2, 0.25) is 6.41 Å². The fourth-order valence-corrected chi connectivity index (χ4v) is 2.47. The molecule has 3 nitrogen and oxygen atoms in total. The molecular formula is C20H32N2O. The Labute approximate surface area is 141 Å². The van der Waals surface area contributed by atoms with Gasteiger partial charge in [0.25, 0.3) is 0 Å². The Balaban J connectivity index is 2.64. The summed E-state index contributed by atoms with van der Waals surface area (Å²) < 4.78 is 0. The van der Waals surface area contributed by atoms with Crippen LogP contribution in [-0.2, 0) is 16.6 Å². The van der Waals surface area contributed by atoms with Gasteiger partial charge < -0.3 is 5.32 Å². The fraction of sp³-hybridized carbons (Fsp3) is 0.600. The highest BCUT2D eigenvalue weighted by molar-refractivity contribution is 5.89. The van der Waals surface area contributed by atoms with E-state index >= 15 is 0 Å². The summed E-state index contributed by atoms with van der Waals surface area (Å²) in [4.78, 5) is 15.3. The highest BCUT2D eigenvalue weighted by atomic mass is 16.1.